The normalized spacial score (nSPS) is 21.9. The molecule has 2 aliphatic carbocycles. The highest BCUT2D eigenvalue weighted by molar-refractivity contribution is 6.08. The minimum atomic E-state index is -0.886. The van der Waals surface area contributed by atoms with Crippen molar-refractivity contribution in [2.75, 3.05) is 22.9 Å². The molecule has 0 aromatic heterocycles. The third kappa shape index (κ3) is 6.49. The SMILES string of the molecule is CCCCN1/C(=C2C=C(/C=C3/C=C(C4N(CCCC)c5ccc6c(C(=O)O)cccc6c5C4(C)C)CCC3)CCC/2)C(C)(C)c2c1ccc1c(C(=O)O)cccc21. The zero-order chi connectivity index (χ0) is 40.2. The van der Waals surface area contributed by atoms with Crippen LogP contribution in [-0.4, -0.2) is 41.3 Å². The fourth-order valence-electron chi connectivity index (χ4n) is 11.1. The fourth-order valence-corrected chi connectivity index (χ4v) is 11.1. The maximum absolute atomic E-state index is 12.3. The lowest BCUT2D eigenvalue weighted by molar-refractivity contribution is 0.0688. The first-order valence-electron chi connectivity index (χ1n) is 21.4. The molecule has 2 aliphatic heterocycles. The van der Waals surface area contributed by atoms with E-state index in [2.05, 4.69) is 93.8 Å². The summed E-state index contributed by atoms with van der Waals surface area (Å²) >= 11 is 0. The summed E-state index contributed by atoms with van der Waals surface area (Å²) in [6, 6.07) is 20.1. The Labute approximate surface area is 338 Å². The van der Waals surface area contributed by atoms with Crippen LogP contribution in [0.1, 0.15) is 138 Å². The molecule has 4 aromatic rings. The van der Waals surface area contributed by atoms with Crippen molar-refractivity contribution in [1.29, 1.82) is 0 Å². The molecule has 0 radical (unpaired) electrons. The van der Waals surface area contributed by atoms with Crippen molar-refractivity contribution in [3.63, 3.8) is 0 Å². The molecule has 2 heterocycles. The zero-order valence-corrected chi connectivity index (χ0v) is 34.7. The Morgan fingerprint density at radius 2 is 1.32 bits per heavy atom. The van der Waals surface area contributed by atoms with E-state index in [0.717, 1.165) is 98.8 Å². The first-order valence-corrected chi connectivity index (χ1v) is 21.4. The average molecular weight is 763 g/mol. The Hall–Kier alpha value is -5.10. The molecule has 1 unspecified atom stereocenters. The minimum Gasteiger partial charge on any atom is -0.478 e. The first kappa shape index (κ1) is 38.8. The summed E-state index contributed by atoms with van der Waals surface area (Å²) in [6.07, 6.45) is 18.3. The largest absolute Gasteiger partial charge is 0.478 e. The van der Waals surface area contributed by atoms with Gasteiger partial charge in [-0.3, -0.25) is 0 Å². The maximum atomic E-state index is 12.3. The lowest BCUT2D eigenvalue weighted by Gasteiger charge is -2.38. The first-order chi connectivity index (χ1) is 27.4. The van der Waals surface area contributed by atoms with Gasteiger partial charge in [-0.1, -0.05) is 109 Å². The quantitative estimate of drug-likeness (QED) is 0.167. The van der Waals surface area contributed by atoms with E-state index >= 15 is 0 Å². The highest BCUT2D eigenvalue weighted by atomic mass is 16.4. The number of rotatable bonds is 10. The molecular formula is C51H58N2O4. The Bertz CT molecular complexity index is 2420. The van der Waals surface area contributed by atoms with Crippen molar-refractivity contribution >= 4 is 44.9 Å². The molecule has 6 heteroatoms. The Morgan fingerprint density at radius 3 is 1.96 bits per heavy atom. The van der Waals surface area contributed by atoms with Crippen LogP contribution >= 0.6 is 0 Å². The number of anilines is 2. The van der Waals surface area contributed by atoms with E-state index in [1.807, 2.05) is 24.3 Å². The Morgan fingerprint density at radius 1 is 0.702 bits per heavy atom. The van der Waals surface area contributed by atoms with Crippen LogP contribution in [0.5, 0.6) is 0 Å². The molecule has 296 valence electrons. The van der Waals surface area contributed by atoms with Crippen molar-refractivity contribution in [3.05, 3.63) is 129 Å². The van der Waals surface area contributed by atoms with Crippen molar-refractivity contribution in [2.45, 2.75) is 123 Å². The number of unbranched alkanes of at least 4 members (excludes halogenated alkanes) is 2. The van der Waals surface area contributed by atoms with Gasteiger partial charge in [0.2, 0.25) is 0 Å². The van der Waals surface area contributed by atoms with Crippen LogP contribution in [0.3, 0.4) is 0 Å². The lowest BCUT2D eigenvalue weighted by atomic mass is 9.73. The van der Waals surface area contributed by atoms with Crippen LogP contribution in [0.2, 0.25) is 0 Å². The van der Waals surface area contributed by atoms with E-state index in [1.165, 1.54) is 50.5 Å². The monoisotopic (exact) mass is 762 g/mol. The van der Waals surface area contributed by atoms with Gasteiger partial charge in [-0.15, -0.1) is 0 Å². The van der Waals surface area contributed by atoms with E-state index in [9.17, 15) is 19.8 Å². The molecule has 0 saturated heterocycles. The third-order valence-corrected chi connectivity index (χ3v) is 13.4. The molecule has 6 nitrogen and oxygen atoms in total. The summed E-state index contributed by atoms with van der Waals surface area (Å²) in [5.74, 6) is -1.77. The van der Waals surface area contributed by atoms with Gasteiger partial charge in [-0.2, -0.15) is 0 Å². The second-order valence-electron chi connectivity index (χ2n) is 17.9. The van der Waals surface area contributed by atoms with Gasteiger partial charge in [-0.05, 0) is 131 Å². The standard InChI is InChI=1S/C51H58N2O4/c1-7-9-27-52-42-25-23-36-38(19-13-21-40(36)48(54)55)44(42)50(3,4)46(52)34-17-11-15-32(30-34)29-33-16-12-18-35(31-33)47-51(5,6)45-39-20-14-22-41(49(56)57)37(39)24-26-43(45)53(47)28-10-8-2/h13-14,19-26,29-31,46H,7-12,15-18,27-28H2,1-6H3,(H,54,55)(H,56,57)/b32-29+,47-35+. The van der Waals surface area contributed by atoms with Crippen molar-refractivity contribution in [1.82, 2.24) is 0 Å². The van der Waals surface area contributed by atoms with E-state index in [-0.39, 0.29) is 16.9 Å². The molecule has 0 saturated carbocycles. The number of carbonyl (C=O) groups is 2. The third-order valence-electron chi connectivity index (χ3n) is 13.4. The number of nitrogens with zero attached hydrogens (tertiary/aromatic N) is 2. The zero-order valence-electron chi connectivity index (χ0n) is 34.7. The number of aromatic carboxylic acids is 2. The molecule has 4 aromatic carbocycles. The van der Waals surface area contributed by atoms with Crippen LogP contribution in [0.25, 0.3) is 21.5 Å². The molecule has 57 heavy (non-hydrogen) atoms. The number of fused-ring (bicyclic) bond motifs is 6. The molecule has 4 aliphatic rings. The van der Waals surface area contributed by atoms with E-state index in [4.69, 9.17) is 0 Å². The minimum absolute atomic E-state index is 0.196. The number of hydrogen-bond donors (Lipinski definition) is 2. The van der Waals surface area contributed by atoms with E-state index in [0.29, 0.717) is 11.1 Å². The maximum Gasteiger partial charge on any atom is 0.336 e. The Balaban J connectivity index is 1.20. The number of allylic oxidation sites excluding steroid dienone is 7. The fraction of sp³-hybridized carbons (Fsp3) is 0.412. The summed E-state index contributed by atoms with van der Waals surface area (Å²) in [6.45, 7) is 15.8. The lowest BCUT2D eigenvalue weighted by Crippen LogP contribution is -2.44. The van der Waals surface area contributed by atoms with E-state index < -0.39 is 11.9 Å². The number of benzene rings is 4. The molecule has 2 N–H and O–H groups in total. The second-order valence-corrected chi connectivity index (χ2v) is 17.9. The predicted octanol–water partition coefficient (Wildman–Crippen LogP) is 12.7. The van der Waals surface area contributed by atoms with Gasteiger partial charge in [-0.25, -0.2) is 9.59 Å². The second kappa shape index (κ2) is 15.0. The van der Waals surface area contributed by atoms with Gasteiger partial charge in [0.25, 0.3) is 0 Å². The number of hydrogen-bond acceptors (Lipinski definition) is 4. The summed E-state index contributed by atoms with van der Waals surface area (Å²) in [4.78, 5) is 29.7. The summed E-state index contributed by atoms with van der Waals surface area (Å²) in [5.41, 5.74) is 12.2. The van der Waals surface area contributed by atoms with Gasteiger partial charge < -0.3 is 20.0 Å². The van der Waals surface area contributed by atoms with Crippen LogP contribution in [0.15, 0.2) is 107 Å². The van der Waals surface area contributed by atoms with Gasteiger partial charge in [0.1, 0.15) is 0 Å². The van der Waals surface area contributed by atoms with Crippen molar-refractivity contribution < 1.29 is 19.8 Å². The molecular weight excluding hydrogens is 705 g/mol. The van der Waals surface area contributed by atoms with Crippen LogP contribution in [-0.2, 0) is 10.8 Å². The van der Waals surface area contributed by atoms with Crippen LogP contribution in [0.4, 0.5) is 11.4 Å². The molecule has 8 rings (SSSR count). The summed E-state index contributed by atoms with van der Waals surface area (Å²) in [5, 5.41) is 23.8. The number of carboxylic acid groups (broad SMARTS) is 2. The van der Waals surface area contributed by atoms with Gasteiger partial charge in [0.15, 0.2) is 0 Å². The topological polar surface area (TPSA) is 81.1 Å². The highest BCUT2D eigenvalue weighted by Gasteiger charge is 2.47. The van der Waals surface area contributed by atoms with Crippen LogP contribution in [0, 0.1) is 0 Å². The molecule has 0 bridgehead atoms. The van der Waals surface area contributed by atoms with E-state index in [1.54, 1.807) is 12.1 Å². The van der Waals surface area contributed by atoms with Gasteiger partial charge in [0, 0.05) is 41.0 Å². The van der Waals surface area contributed by atoms with Gasteiger partial charge in [0.05, 0.1) is 17.2 Å². The van der Waals surface area contributed by atoms with Crippen molar-refractivity contribution in [2.24, 2.45) is 0 Å². The average Bonchev–Trinajstić information content (AvgIpc) is 3.57. The molecule has 0 spiro atoms. The molecule has 0 amide bonds. The van der Waals surface area contributed by atoms with Gasteiger partial charge >= 0.3 is 11.9 Å². The molecule has 0 fully saturated rings. The van der Waals surface area contributed by atoms with Crippen molar-refractivity contribution in [3.8, 4) is 0 Å². The molecule has 1 atom stereocenters. The predicted molar refractivity (Wildman–Crippen MR) is 235 cm³/mol. The smallest absolute Gasteiger partial charge is 0.336 e. The number of carboxylic acids is 2. The van der Waals surface area contributed by atoms with Crippen LogP contribution < -0.4 is 9.80 Å². The Kier molecular flexibility index (Phi) is 10.2. The highest BCUT2D eigenvalue weighted by Crippen LogP contribution is 2.54. The summed E-state index contributed by atoms with van der Waals surface area (Å²) < 4.78 is 0. The summed E-state index contributed by atoms with van der Waals surface area (Å²) in [7, 11) is 0.